The highest BCUT2D eigenvalue weighted by atomic mass is 19.1. The molecule has 1 heterocycles. The van der Waals surface area contributed by atoms with Crippen LogP contribution >= 0.6 is 0 Å². The fraction of sp³-hybridized carbons (Fsp3) is 0.538. The summed E-state index contributed by atoms with van der Waals surface area (Å²) in [7, 11) is 0. The molecular weight excluding hydrogens is 226 g/mol. The third-order valence-corrected chi connectivity index (χ3v) is 3.22. The van der Waals surface area contributed by atoms with Crippen molar-refractivity contribution in [2.24, 2.45) is 5.92 Å². The molecule has 1 aromatic carbocycles. The van der Waals surface area contributed by atoms with E-state index in [0.717, 1.165) is 18.9 Å². The number of benzene rings is 1. The molecule has 1 saturated heterocycles. The SMILES string of the molecule is OC(CC1CCOCC1)c1ccc(F)cc1F. The number of ether oxygens (including phenoxy) is 1. The van der Waals surface area contributed by atoms with Gasteiger partial charge in [-0.25, -0.2) is 8.78 Å². The summed E-state index contributed by atoms with van der Waals surface area (Å²) in [5.41, 5.74) is 0.179. The molecule has 0 aliphatic carbocycles. The molecule has 2 rings (SSSR count). The first-order valence-electron chi connectivity index (χ1n) is 5.87. The summed E-state index contributed by atoms with van der Waals surface area (Å²) < 4.78 is 31.4. The summed E-state index contributed by atoms with van der Waals surface area (Å²) in [5.74, 6) is -0.947. The van der Waals surface area contributed by atoms with Gasteiger partial charge in [0.15, 0.2) is 0 Å². The molecule has 0 amide bonds. The molecule has 0 saturated carbocycles. The summed E-state index contributed by atoms with van der Waals surface area (Å²) in [5, 5.41) is 9.94. The van der Waals surface area contributed by atoms with Crippen molar-refractivity contribution in [1.82, 2.24) is 0 Å². The van der Waals surface area contributed by atoms with Crippen molar-refractivity contribution in [2.75, 3.05) is 13.2 Å². The molecule has 1 N–H and O–H groups in total. The second-order valence-electron chi connectivity index (χ2n) is 4.47. The lowest BCUT2D eigenvalue weighted by Gasteiger charge is -2.24. The summed E-state index contributed by atoms with van der Waals surface area (Å²) in [6.07, 6.45) is 1.42. The van der Waals surface area contributed by atoms with Crippen molar-refractivity contribution < 1.29 is 18.6 Å². The van der Waals surface area contributed by atoms with E-state index in [0.29, 0.717) is 25.6 Å². The molecule has 1 aromatic rings. The molecular formula is C13H16F2O2. The van der Waals surface area contributed by atoms with Crippen molar-refractivity contribution in [2.45, 2.75) is 25.4 Å². The zero-order chi connectivity index (χ0) is 12.3. The molecule has 4 heteroatoms. The third-order valence-electron chi connectivity index (χ3n) is 3.22. The van der Waals surface area contributed by atoms with Crippen LogP contribution in [0.15, 0.2) is 18.2 Å². The summed E-state index contributed by atoms with van der Waals surface area (Å²) >= 11 is 0. The molecule has 94 valence electrons. The number of halogens is 2. The van der Waals surface area contributed by atoms with E-state index >= 15 is 0 Å². The lowest BCUT2D eigenvalue weighted by Crippen LogP contribution is -2.18. The molecule has 0 spiro atoms. The topological polar surface area (TPSA) is 29.5 Å². The van der Waals surface area contributed by atoms with Crippen molar-refractivity contribution in [3.63, 3.8) is 0 Å². The Kier molecular flexibility index (Phi) is 4.07. The number of aliphatic hydroxyl groups excluding tert-OH is 1. The number of hydrogen-bond acceptors (Lipinski definition) is 2. The zero-order valence-electron chi connectivity index (χ0n) is 9.53. The van der Waals surface area contributed by atoms with Crippen LogP contribution in [-0.2, 0) is 4.74 Å². The molecule has 2 nitrogen and oxygen atoms in total. The molecule has 1 fully saturated rings. The van der Waals surface area contributed by atoms with Crippen LogP contribution in [-0.4, -0.2) is 18.3 Å². The standard InChI is InChI=1S/C13H16F2O2/c14-10-1-2-11(12(15)8-10)13(16)7-9-3-5-17-6-4-9/h1-2,8-9,13,16H,3-7H2. The Morgan fingerprint density at radius 1 is 1.29 bits per heavy atom. The van der Waals surface area contributed by atoms with Crippen LogP contribution in [0.3, 0.4) is 0 Å². The third kappa shape index (κ3) is 3.23. The van der Waals surface area contributed by atoms with Crippen LogP contribution in [0.4, 0.5) is 8.78 Å². The van der Waals surface area contributed by atoms with E-state index in [1.165, 1.54) is 12.1 Å². The van der Waals surface area contributed by atoms with Gasteiger partial charge in [0.25, 0.3) is 0 Å². The quantitative estimate of drug-likeness (QED) is 0.883. The minimum absolute atomic E-state index is 0.179. The second-order valence-corrected chi connectivity index (χ2v) is 4.47. The monoisotopic (exact) mass is 242 g/mol. The van der Waals surface area contributed by atoms with E-state index in [2.05, 4.69) is 0 Å². The van der Waals surface area contributed by atoms with Gasteiger partial charge < -0.3 is 9.84 Å². The summed E-state index contributed by atoms with van der Waals surface area (Å²) in [6, 6.07) is 3.29. The maximum Gasteiger partial charge on any atom is 0.131 e. The van der Waals surface area contributed by atoms with Gasteiger partial charge in [0.2, 0.25) is 0 Å². The Balaban J connectivity index is 2.00. The van der Waals surface area contributed by atoms with Crippen LogP contribution in [0.5, 0.6) is 0 Å². The average molecular weight is 242 g/mol. The van der Waals surface area contributed by atoms with Gasteiger partial charge in [-0.2, -0.15) is 0 Å². The van der Waals surface area contributed by atoms with Gasteiger partial charge >= 0.3 is 0 Å². The van der Waals surface area contributed by atoms with Gasteiger partial charge in [0, 0.05) is 24.8 Å². The molecule has 1 unspecified atom stereocenters. The van der Waals surface area contributed by atoms with Crippen molar-refractivity contribution in [3.05, 3.63) is 35.4 Å². The van der Waals surface area contributed by atoms with Crippen LogP contribution in [0.1, 0.15) is 30.9 Å². The van der Waals surface area contributed by atoms with Crippen LogP contribution in [0.2, 0.25) is 0 Å². The smallest absolute Gasteiger partial charge is 0.131 e. The first-order valence-corrected chi connectivity index (χ1v) is 5.87. The lowest BCUT2D eigenvalue weighted by molar-refractivity contribution is 0.0428. The first-order chi connectivity index (χ1) is 8.16. The van der Waals surface area contributed by atoms with Crippen LogP contribution in [0, 0.1) is 17.6 Å². The maximum atomic E-state index is 13.4. The van der Waals surface area contributed by atoms with Gasteiger partial charge in [-0.05, 0) is 31.2 Å². The molecule has 0 aromatic heterocycles. The highest BCUT2D eigenvalue weighted by molar-refractivity contribution is 5.20. The molecule has 0 bridgehead atoms. The van der Waals surface area contributed by atoms with E-state index in [-0.39, 0.29) is 5.56 Å². The largest absolute Gasteiger partial charge is 0.388 e. The minimum Gasteiger partial charge on any atom is -0.388 e. The first kappa shape index (κ1) is 12.5. The van der Waals surface area contributed by atoms with Crippen LogP contribution < -0.4 is 0 Å². The minimum atomic E-state index is -0.862. The number of rotatable bonds is 3. The fourth-order valence-electron chi connectivity index (χ4n) is 2.20. The van der Waals surface area contributed by atoms with Gasteiger partial charge in [-0.15, -0.1) is 0 Å². The predicted molar refractivity (Wildman–Crippen MR) is 59.5 cm³/mol. The van der Waals surface area contributed by atoms with E-state index in [9.17, 15) is 13.9 Å². The normalized spacial score (nSPS) is 19.2. The Bertz CT molecular complexity index is 376. The molecule has 17 heavy (non-hydrogen) atoms. The Hall–Kier alpha value is -1.00. The van der Waals surface area contributed by atoms with E-state index < -0.39 is 17.7 Å². The van der Waals surface area contributed by atoms with Crippen LogP contribution in [0.25, 0.3) is 0 Å². The molecule has 0 radical (unpaired) electrons. The molecule has 1 atom stereocenters. The molecule has 1 aliphatic heterocycles. The van der Waals surface area contributed by atoms with E-state index in [1.54, 1.807) is 0 Å². The second kappa shape index (κ2) is 5.56. The molecule has 1 aliphatic rings. The zero-order valence-corrected chi connectivity index (χ0v) is 9.53. The predicted octanol–water partition coefficient (Wildman–Crippen LogP) is 2.81. The van der Waals surface area contributed by atoms with E-state index in [1.807, 2.05) is 0 Å². The van der Waals surface area contributed by atoms with Gasteiger partial charge in [-0.3, -0.25) is 0 Å². The fourth-order valence-corrected chi connectivity index (χ4v) is 2.20. The number of aliphatic hydroxyl groups is 1. The van der Waals surface area contributed by atoms with Gasteiger partial charge in [-0.1, -0.05) is 6.07 Å². The highest BCUT2D eigenvalue weighted by Crippen LogP contribution is 2.28. The van der Waals surface area contributed by atoms with Crippen molar-refractivity contribution in [3.8, 4) is 0 Å². The average Bonchev–Trinajstić information content (AvgIpc) is 2.30. The van der Waals surface area contributed by atoms with Crippen molar-refractivity contribution in [1.29, 1.82) is 0 Å². The maximum absolute atomic E-state index is 13.4. The summed E-state index contributed by atoms with van der Waals surface area (Å²) in [4.78, 5) is 0. The number of hydrogen-bond donors (Lipinski definition) is 1. The van der Waals surface area contributed by atoms with E-state index in [4.69, 9.17) is 4.74 Å². The summed E-state index contributed by atoms with van der Waals surface area (Å²) in [6.45, 7) is 1.40. The van der Waals surface area contributed by atoms with Gasteiger partial charge in [0.05, 0.1) is 6.10 Å². The van der Waals surface area contributed by atoms with Crippen molar-refractivity contribution >= 4 is 0 Å². The van der Waals surface area contributed by atoms with Gasteiger partial charge in [0.1, 0.15) is 11.6 Å². The lowest BCUT2D eigenvalue weighted by atomic mass is 9.91. The Morgan fingerprint density at radius 2 is 2.00 bits per heavy atom. The Labute approximate surface area is 99.2 Å². The Morgan fingerprint density at radius 3 is 2.65 bits per heavy atom. The highest BCUT2D eigenvalue weighted by Gasteiger charge is 2.21.